The second kappa shape index (κ2) is 50.0. The number of rotatable bonds is 3. The summed E-state index contributed by atoms with van der Waals surface area (Å²) < 4.78 is 67.9. The number of likely N-dealkylation sites (N-methyl/N-ethyl adjacent to an activating group) is 1. The van der Waals surface area contributed by atoms with Gasteiger partial charge in [0.25, 0.3) is 0 Å². The van der Waals surface area contributed by atoms with E-state index < -0.39 is 20.5 Å². The Morgan fingerprint density at radius 2 is 0.846 bits per heavy atom. The van der Waals surface area contributed by atoms with Gasteiger partial charge in [0.2, 0.25) is 0 Å². The largest absolute Gasteiger partial charge is 2.00 e. The van der Waals surface area contributed by atoms with E-state index >= 15 is 0 Å². The fourth-order valence-corrected chi connectivity index (χ4v) is 0.112. The van der Waals surface area contributed by atoms with Gasteiger partial charge in [-0.1, -0.05) is 0 Å². The molecule has 0 aromatic carbocycles. The zero-order valence-corrected chi connectivity index (χ0v) is 18.1. The molecule has 0 saturated carbocycles. The van der Waals surface area contributed by atoms with Gasteiger partial charge in [-0.05, 0) is 7.05 Å². The Labute approximate surface area is 165 Å². The second-order valence-electron chi connectivity index (χ2n) is 2.16. The molecule has 0 rings (SSSR count). The standard InChI is InChI=1S/C3H9NO.C2H8N2.2ClHO4.6H2O.Zn/c1-4-2-3-5;3-1-2-4;2*2-1(3,4)5;;;;;;;/h4-5H,2-3H2,1H3;1-4H2;2*(H,2,3,4,5);6*1H2;/q;;;;;;;;;;+2/p-2. The molecule has 26 heavy (non-hydrogen) atoms. The van der Waals surface area contributed by atoms with Crippen molar-refractivity contribution in [2.45, 2.75) is 0 Å². The molecule has 0 aromatic heterocycles. The molecule has 0 bridgehead atoms. The van der Waals surface area contributed by atoms with Crippen molar-refractivity contribution in [3.8, 4) is 0 Å². The van der Waals surface area contributed by atoms with E-state index in [1.54, 1.807) is 7.05 Å². The number of nitrogens with two attached hydrogens (primary N) is 2. The van der Waals surface area contributed by atoms with Gasteiger partial charge in [0.15, 0.2) is 0 Å². The average molecular weight is 508 g/mol. The van der Waals surface area contributed by atoms with Crippen LogP contribution in [0, 0.1) is 20.5 Å². The van der Waals surface area contributed by atoms with Crippen LogP contribution in [0.2, 0.25) is 0 Å². The Morgan fingerprint density at radius 3 is 0.846 bits per heavy atom. The molecule has 0 fully saturated rings. The Morgan fingerprint density at radius 1 is 0.692 bits per heavy atom. The molecule has 18 N–H and O–H groups in total. The van der Waals surface area contributed by atoms with Crippen LogP contribution in [0.1, 0.15) is 0 Å². The van der Waals surface area contributed by atoms with Crippen LogP contribution in [-0.2, 0) is 19.5 Å². The van der Waals surface area contributed by atoms with E-state index in [0.29, 0.717) is 19.6 Å². The van der Waals surface area contributed by atoms with Gasteiger partial charge in [-0.2, -0.15) is 0 Å². The number of halogens is 2. The molecule has 0 atom stereocenters. The minimum absolute atomic E-state index is 0. The predicted molar refractivity (Wildman–Crippen MR) is 60.8 cm³/mol. The molecule has 0 spiro atoms. The van der Waals surface area contributed by atoms with Crippen molar-refractivity contribution in [3.05, 3.63) is 0 Å². The second-order valence-corrected chi connectivity index (χ2v) is 3.67. The third kappa shape index (κ3) is 1110. The van der Waals surface area contributed by atoms with Crippen LogP contribution >= 0.6 is 0 Å². The molecule has 0 aliphatic carbocycles. The van der Waals surface area contributed by atoms with E-state index in [1.165, 1.54) is 0 Å². The Balaban J connectivity index is -0.0000000118. The van der Waals surface area contributed by atoms with E-state index in [-0.39, 0.29) is 58.9 Å². The molecule has 170 valence electrons. The molecule has 0 heterocycles. The smallest absolute Gasteiger partial charge is 0.412 e. The summed E-state index contributed by atoms with van der Waals surface area (Å²) in [4.78, 5) is 0. The average Bonchev–Trinajstić information content (AvgIpc) is 2.14. The molecule has 0 aliphatic heterocycles. The van der Waals surface area contributed by atoms with Crippen molar-refractivity contribution in [1.82, 2.24) is 5.32 Å². The summed E-state index contributed by atoms with van der Waals surface area (Å²) in [7, 11) is -8.09. The van der Waals surface area contributed by atoms with E-state index in [1.807, 2.05) is 0 Å². The Hall–Kier alpha value is 0.483. The van der Waals surface area contributed by atoms with Crippen LogP contribution in [0.15, 0.2) is 0 Å². The third-order valence-corrected chi connectivity index (χ3v) is 0.528. The summed E-state index contributed by atoms with van der Waals surface area (Å²) in [5.41, 5.74) is 9.81. The van der Waals surface area contributed by atoms with Crippen molar-refractivity contribution in [2.24, 2.45) is 11.5 Å². The van der Waals surface area contributed by atoms with Gasteiger partial charge in [0, 0.05) is 19.6 Å². The molecular formula is C5H29Cl2N3O15Zn. The van der Waals surface area contributed by atoms with Crippen molar-refractivity contribution >= 4 is 0 Å². The van der Waals surface area contributed by atoms with Gasteiger partial charge in [-0.15, -0.1) is 20.5 Å². The predicted octanol–water partition coefficient (Wildman–Crippen LogP) is -16.4. The zero-order chi connectivity index (χ0) is 16.5. The summed E-state index contributed by atoms with van der Waals surface area (Å²) in [6, 6.07) is 0. The van der Waals surface area contributed by atoms with E-state index in [4.69, 9.17) is 53.8 Å². The molecule has 18 nitrogen and oxygen atoms in total. The summed E-state index contributed by atoms with van der Waals surface area (Å²) in [5.74, 6) is 0. The number of hydrogen-bond donors (Lipinski definition) is 4. The topological polar surface area (TPSA) is 458 Å². The Bertz CT molecular complexity index is 137. The van der Waals surface area contributed by atoms with E-state index in [2.05, 4.69) is 5.32 Å². The van der Waals surface area contributed by atoms with Crippen molar-refractivity contribution in [1.29, 1.82) is 0 Å². The monoisotopic (exact) mass is 505 g/mol. The normalized spacial score (nSPS) is 7.38. The van der Waals surface area contributed by atoms with Crippen LogP contribution in [0.5, 0.6) is 0 Å². The molecule has 0 saturated heterocycles. The fraction of sp³-hybridized carbons (Fsp3) is 1.00. The fourth-order valence-electron chi connectivity index (χ4n) is 0.112. The first-order chi connectivity index (χ1) is 8.33. The van der Waals surface area contributed by atoms with Gasteiger partial charge in [-0.3, -0.25) is 0 Å². The summed E-state index contributed by atoms with van der Waals surface area (Å²) in [6.07, 6.45) is 0. The van der Waals surface area contributed by atoms with Crippen molar-refractivity contribution in [3.63, 3.8) is 0 Å². The van der Waals surface area contributed by atoms with Gasteiger partial charge in [-0.25, -0.2) is 37.3 Å². The first-order valence-electron chi connectivity index (χ1n) is 4.22. The minimum atomic E-state index is -4.94. The van der Waals surface area contributed by atoms with Crippen LogP contribution in [0.3, 0.4) is 0 Å². The number of aliphatic hydroxyl groups excluding tert-OH is 1. The number of hydrogen-bond acceptors (Lipinski definition) is 12. The molecule has 0 aromatic rings. The zero-order valence-electron chi connectivity index (χ0n) is 13.7. The van der Waals surface area contributed by atoms with Crippen LogP contribution in [0.25, 0.3) is 0 Å². The van der Waals surface area contributed by atoms with Crippen molar-refractivity contribution < 1.29 is 115 Å². The Kier molecular flexibility index (Phi) is 138. The maximum Gasteiger partial charge on any atom is 2.00 e. The number of aliphatic hydroxyl groups is 1. The van der Waals surface area contributed by atoms with Crippen LogP contribution in [0.4, 0.5) is 0 Å². The first kappa shape index (κ1) is 71.7. The summed E-state index contributed by atoms with van der Waals surface area (Å²) in [5, 5.41) is 10.8. The molecule has 0 unspecified atom stereocenters. The third-order valence-electron chi connectivity index (χ3n) is 0.528. The molecule has 0 radical (unpaired) electrons. The maximum atomic E-state index is 8.49. The maximum absolute atomic E-state index is 8.49. The van der Waals surface area contributed by atoms with Crippen molar-refractivity contribution in [2.75, 3.05) is 33.3 Å². The van der Waals surface area contributed by atoms with E-state index in [9.17, 15) is 0 Å². The molecule has 21 heteroatoms. The first-order valence-corrected chi connectivity index (χ1v) is 6.69. The van der Waals surface area contributed by atoms with Crippen LogP contribution < -0.4 is 54.1 Å². The molecule has 0 amide bonds. The van der Waals surface area contributed by atoms with Gasteiger partial charge >= 0.3 is 19.5 Å². The van der Waals surface area contributed by atoms with Gasteiger partial charge in [0.05, 0.1) is 6.61 Å². The molecule has 0 aliphatic rings. The SMILES string of the molecule is CNCCO.NCCN.O.O.O.O.O.O.[O-][Cl+3]([O-])([O-])[O-].[O-][Cl+3]([O-])([O-])[O-].[Zn+2]. The quantitative estimate of drug-likeness (QED) is 0.258. The summed E-state index contributed by atoms with van der Waals surface area (Å²) in [6.45, 7) is 2.12. The van der Waals surface area contributed by atoms with E-state index in [0.717, 1.165) is 0 Å². The minimum Gasteiger partial charge on any atom is -0.412 e. The van der Waals surface area contributed by atoms with Crippen LogP contribution in [-0.4, -0.2) is 71.3 Å². The van der Waals surface area contributed by atoms with Gasteiger partial charge < -0.3 is 54.7 Å². The summed E-state index contributed by atoms with van der Waals surface area (Å²) >= 11 is 0. The number of nitrogens with one attached hydrogen (secondary N) is 1. The molecular weight excluding hydrogens is 478 g/mol. The van der Waals surface area contributed by atoms with Gasteiger partial charge in [0.1, 0.15) is 0 Å².